The van der Waals surface area contributed by atoms with Crippen LogP contribution < -0.4 is 11.3 Å². The van der Waals surface area contributed by atoms with Gasteiger partial charge in [0.15, 0.2) is 5.76 Å². The molecule has 2 N–H and O–H groups in total. The minimum Gasteiger partial charge on any atom is -0.493 e. The Kier molecular flexibility index (Phi) is 5.04. The van der Waals surface area contributed by atoms with Crippen LogP contribution in [0, 0.1) is 0 Å². The molecule has 0 amide bonds. The lowest BCUT2D eigenvalue weighted by atomic mass is 9.95. The molecule has 0 aromatic carbocycles. The largest absolute Gasteiger partial charge is 0.493 e. The van der Waals surface area contributed by atoms with E-state index in [1.165, 1.54) is 19.3 Å². The second-order valence-electron chi connectivity index (χ2n) is 5.92. The summed E-state index contributed by atoms with van der Waals surface area (Å²) in [5.74, 6) is -0.286. The Morgan fingerprint density at radius 3 is 2.68 bits per heavy atom. The summed E-state index contributed by atoms with van der Waals surface area (Å²) in [6.07, 6.45) is 7.36. The molecular formula is C17H16N4O5S2. The molecule has 0 saturated carbocycles. The maximum absolute atomic E-state index is 12.4. The number of carbonyl (C=O) groups excluding carboxylic acids is 1. The van der Waals surface area contributed by atoms with Gasteiger partial charge in [0, 0.05) is 23.4 Å². The zero-order valence-electron chi connectivity index (χ0n) is 15.0. The summed E-state index contributed by atoms with van der Waals surface area (Å²) in [7, 11) is -2.32. The molecule has 3 rings (SSSR count). The molecule has 0 spiro atoms. The van der Waals surface area contributed by atoms with Crippen LogP contribution in [0.2, 0.25) is 0 Å². The number of sulfone groups is 1. The Labute approximate surface area is 164 Å². The topological polar surface area (TPSA) is 134 Å². The standard InChI is InChI=1S/C17H16N4O5S2/c1-4-5-10-6-9(8-12(26-2)13(10)22)7-11-14(18)21-16(19-15(11)23)27-20-17(21)28(3,24)25/h4,6-8H,1,5,18H2,2-3H3/b9-7+. The first-order chi connectivity index (χ1) is 13.2. The molecule has 2 aromatic rings. The lowest BCUT2D eigenvalue weighted by molar-refractivity contribution is -0.115. The number of hydrogen-bond donors (Lipinski definition) is 1. The fourth-order valence-corrected chi connectivity index (χ4v) is 4.52. The van der Waals surface area contributed by atoms with E-state index in [9.17, 15) is 18.0 Å². The minimum absolute atomic E-state index is 0.0205. The van der Waals surface area contributed by atoms with Gasteiger partial charge in [-0.05, 0) is 30.2 Å². The van der Waals surface area contributed by atoms with Crippen molar-refractivity contribution in [2.45, 2.75) is 11.6 Å². The summed E-state index contributed by atoms with van der Waals surface area (Å²) in [6, 6.07) is 0. The molecule has 0 aliphatic heterocycles. The lowest BCUT2D eigenvalue weighted by Crippen LogP contribution is -2.18. The maximum atomic E-state index is 12.4. The Hall–Kier alpha value is -3.05. The predicted molar refractivity (Wildman–Crippen MR) is 106 cm³/mol. The SMILES string of the molecule is C=CCC1=C/C(=C\c2c(N)n3c(S(C)(=O)=O)nsc3nc2=O)C=C(OC)C1=O. The van der Waals surface area contributed by atoms with Crippen LogP contribution in [-0.4, -0.2) is 41.3 Å². The second-order valence-corrected chi connectivity index (χ2v) is 8.56. The van der Waals surface area contributed by atoms with Crippen LogP contribution in [0.4, 0.5) is 5.82 Å². The van der Waals surface area contributed by atoms with Gasteiger partial charge in [-0.15, -0.1) is 6.58 Å². The van der Waals surface area contributed by atoms with E-state index >= 15 is 0 Å². The van der Waals surface area contributed by atoms with Crippen LogP contribution in [0.25, 0.3) is 11.0 Å². The molecule has 2 heterocycles. The normalized spacial score (nSPS) is 16.2. The molecular weight excluding hydrogens is 404 g/mol. The van der Waals surface area contributed by atoms with Crippen molar-refractivity contribution in [2.24, 2.45) is 0 Å². The average molecular weight is 420 g/mol. The van der Waals surface area contributed by atoms with E-state index in [4.69, 9.17) is 10.5 Å². The number of anilines is 1. The summed E-state index contributed by atoms with van der Waals surface area (Å²) in [6.45, 7) is 3.62. The van der Waals surface area contributed by atoms with Crippen LogP contribution in [0.1, 0.15) is 12.0 Å². The molecule has 0 atom stereocenters. The average Bonchev–Trinajstić information content (AvgIpc) is 3.05. The van der Waals surface area contributed by atoms with Gasteiger partial charge in [-0.25, -0.2) is 12.8 Å². The Balaban J connectivity index is 2.26. The van der Waals surface area contributed by atoms with Gasteiger partial charge in [0.25, 0.3) is 5.56 Å². The third-order valence-corrected chi connectivity index (χ3v) is 5.67. The van der Waals surface area contributed by atoms with Gasteiger partial charge >= 0.3 is 0 Å². The quantitative estimate of drug-likeness (QED) is 0.712. The molecule has 0 bridgehead atoms. The Morgan fingerprint density at radius 2 is 2.07 bits per heavy atom. The fourth-order valence-electron chi connectivity index (χ4n) is 2.66. The van der Waals surface area contributed by atoms with E-state index < -0.39 is 15.4 Å². The number of Topliss-reactive ketones (excluding diaryl/α,β-unsaturated/α-hetero) is 1. The van der Waals surface area contributed by atoms with Crippen LogP contribution in [0.5, 0.6) is 0 Å². The molecule has 1 aliphatic carbocycles. The summed E-state index contributed by atoms with van der Waals surface area (Å²) >= 11 is 0.758. The zero-order valence-corrected chi connectivity index (χ0v) is 16.6. The summed E-state index contributed by atoms with van der Waals surface area (Å²) in [5.41, 5.74) is 6.34. The van der Waals surface area contributed by atoms with Crippen LogP contribution in [-0.2, 0) is 19.4 Å². The smallest absolute Gasteiger partial charge is 0.283 e. The fraction of sp³-hybridized carbons (Fsp3) is 0.176. The number of methoxy groups -OCH3 is 1. The van der Waals surface area contributed by atoms with Crippen LogP contribution >= 0.6 is 11.5 Å². The van der Waals surface area contributed by atoms with E-state index in [1.807, 2.05) is 0 Å². The number of ketones is 1. The molecule has 2 aromatic heterocycles. The monoisotopic (exact) mass is 420 g/mol. The number of nitrogen functional groups attached to an aromatic ring is 1. The van der Waals surface area contributed by atoms with E-state index in [2.05, 4.69) is 15.9 Å². The number of fused-ring (bicyclic) bond motifs is 1. The van der Waals surface area contributed by atoms with Crippen molar-refractivity contribution in [3.63, 3.8) is 0 Å². The molecule has 11 heteroatoms. The highest BCUT2D eigenvalue weighted by atomic mass is 32.2. The molecule has 0 fully saturated rings. The predicted octanol–water partition coefficient (Wildman–Crippen LogP) is 1.14. The number of ether oxygens (including phenoxy) is 1. The molecule has 0 radical (unpaired) electrons. The highest BCUT2D eigenvalue weighted by Crippen LogP contribution is 2.25. The van der Waals surface area contributed by atoms with Crippen molar-refractivity contribution in [3.05, 3.63) is 57.6 Å². The van der Waals surface area contributed by atoms with Crippen molar-refractivity contribution in [3.8, 4) is 0 Å². The first-order valence-electron chi connectivity index (χ1n) is 7.89. The van der Waals surface area contributed by atoms with Gasteiger partial charge < -0.3 is 10.5 Å². The van der Waals surface area contributed by atoms with Crippen molar-refractivity contribution >= 4 is 44.0 Å². The van der Waals surface area contributed by atoms with Crippen LogP contribution in [0.15, 0.2) is 51.7 Å². The van der Waals surface area contributed by atoms with Crippen molar-refractivity contribution in [1.82, 2.24) is 13.8 Å². The highest BCUT2D eigenvalue weighted by molar-refractivity contribution is 7.90. The number of nitrogens with zero attached hydrogens (tertiary/aromatic N) is 3. The van der Waals surface area contributed by atoms with Gasteiger partial charge in [-0.2, -0.15) is 9.36 Å². The lowest BCUT2D eigenvalue weighted by Gasteiger charge is -2.14. The number of carbonyl (C=O) groups is 1. The third kappa shape index (κ3) is 3.41. The summed E-state index contributed by atoms with van der Waals surface area (Å²) in [5, 5.41) is -0.299. The Morgan fingerprint density at radius 1 is 1.36 bits per heavy atom. The van der Waals surface area contributed by atoms with Crippen molar-refractivity contribution in [2.75, 3.05) is 19.1 Å². The first-order valence-corrected chi connectivity index (χ1v) is 10.6. The third-order valence-electron chi connectivity index (χ3n) is 3.91. The zero-order chi connectivity index (χ0) is 20.6. The molecule has 0 saturated heterocycles. The van der Waals surface area contributed by atoms with E-state index in [1.54, 1.807) is 12.2 Å². The van der Waals surface area contributed by atoms with Crippen molar-refractivity contribution in [1.29, 1.82) is 0 Å². The van der Waals surface area contributed by atoms with E-state index in [0.29, 0.717) is 17.6 Å². The summed E-state index contributed by atoms with van der Waals surface area (Å²) < 4.78 is 34.0. The molecule has 1 aliphatic rings. The van der Waals surface area contributed by atoms with Crippen LogP contribution in [0.3, 0.4) is 0 Å². The Bertz CT molecular complexity index is 1260. The number of rotatable bonds is 5. The van der Waals surface area contributed by atoms with E-state index in [0.717, 1.165) is 22.2 Å². The number of nitrogens with two attached hydrogens (primary N) is 1. The molecule has 0 unspecified atom stereocenters. The minimum atomic E-state index is -3.69. The second kappa shape index (κ2) is 7.17. The van der Waals surface area contributed by atoms with Gasteiger partial charge in [-0.3, -0.25) is 9.59 Å². The van der Waals surface area contributed by atoms with Gasteiger partial charge in [0.05, 0.1) is 12.7 Å². The van der Waals surface area contributed by atoms with Gasteiger partial charge in [0.1, 0.15) is 5.82 Å². The van der Waals surface area contributed by atoms with E-state index in [-0.39, 0.29) is 33.0 Å². The number of allylic oxidation sites excluding steroid dienone is 5. The highest BCUT2D eigenvalue weighted by Gasteiger charge is 2.23. The molecule has 9 nitrogen and oxygen atoms in total. The van der Waals surface area contributed by atoms with Gasteiger partial charge in [0.2, 0.25) is 25.7 Å². The van der Waals surface area contributed by atoms with Gasteiger partial charge in [-0.1, -0.05) is 6.08 Å². The maximum Gasteiger partial charge on any atom is 0.283 e. The first kappa shape index (κ1) is 19.7. The number of hydrogen-bond acceptors (Lipinski definition) is 9. The molecule has 146 valence electrons. The summed E-state index contributed by atoms with van der Waals surface area (Å²) in [4.78, 5) is 28.6. The number of aromatic nitrogens is 3. The van der Waals surface area contributed by atoms with Crippen molar-refractivity contribution < 1.29 is 17.9 Å². The molecule has 28 heavy (non-hydrogen) atoms.